The zero-order chi connectivity index (χ0) is 36.9. The second-order valence-corrected chi connectivity index (χ2v) is 13.9. The van der Waals surface area contributed by atoms with Gasteiger partial charge in [-0.3, -0.25) is 4.79 Å². The van der Waals surface area contributed by atoms with Gasteiger partial charge in [0.05, 0.1) is 45.2 Å². The van der Waals surface area contributed by atoms with E-state index in [0.717, 1.165) is 54.0 Å². The summed E-state index contributed by atoms with van der Waals surface area (Å²) in [6.07, 6.45) is 3.34. The number of hydrogen-bond donors (Lipinski definition) is 5. The van der Waals surface area contributed by atoms with Gasteiger partial charge in [-0.05, 0) is 58.7 Å². The first-order chi connectivity index (χ1) is 25.8. The van der Waals surface area contributed by atoms with Crippen molar-refractivity contribution in [3.63, 3.8) is 0 Å². The van der Waals surface area contributed by atoms with Crippen LogP contribution < -0.4 is 27.8 Å². The number of carbonyl (C=O) groups is 2. The number of nitrogens with one attached hydrogen (secondary N) is 2. The maximum Gasteiger partial charge on any atom is 0.348 e. The van der Waals surface area contributed by atoms with Crippen LogP contribution in [0.2, 0.25) is 0 Å². The third kappa shape index (κ3) is 7.64. The molecule has 8 N–H and O–H groups in total. The van der Waals surface area contributed by atoms with Crippen molar-refractivity contribution in [1.29, 1.82) is 0 Å². The standard InChI is InChI=1S/C21H17N3O2S.C20H16N4OS/c1-26-21(25)18-11-16-17(12-23-20(22)19(16)27-18)24-15-9-7-14(8-10-15)13-5-3-2-4-6-13;21-19-18-15(10-17(26-18)20(22)25)16(11-23-19)24-14-8-6-13(7-9-14)12-4-2-1-3-5-12/h2-12,24H,1H3,(H2,22,23);1-11,24H,(H2,21,23)(H2,22,25). The fourth-order valence-corrected chi connectivity index (χ4v) is 7.61. The van der Waals surface area contributed by atoms with E-state index in [-0.39, 0.29) is 5.97 Å². The summed E-state index contributed by atoms with van der Waals surface area (Å²) in [5, 5.41) is 8.38. The van der Waals surface area contributed by atoms with Gasteiger partial charge >= 0.3 is 5.97 Å². The molecule has 0 aliphatic rings. The normalized spacial score (nSPS) is 10.7. The molecule has 4 heterocycles. The number of nitrogens with zero attached hydrogens (tertiary/aromatic N) is 2. The zero-order valence-corrected chi connectivity index (χ0v) is 30.0. The topological polar surface area (TPSA) is 171 Å². The Kier molecular flexibility index (Phi) is 9.97. The number of fused-ring (bicyclic) bond motifs is 2. The van der Waals surface area contributed by atoms with Crippen molar-refractivity contribution in [2.24, 2.45) is 5.73 Å². The van der Waals surface area contributed by atoms with Gasteiger partial charge in [0.15, 0.2) is 0 Å². The monoisotopic (exact) mass is 735 g/mol. The van der Waals surface area contributed by atoms with Gasteiger partial charge in [-0.25, -0.2) is 14.8 Å². The Balaban J connectivity index is 0.000000164. The molecule has 262 valence electrons. The van der Waals surface area contributed by atoms with Gasteiger partial charge in [-0.1, -0.05) is 84.9 Å². The molecule has 0 aliphatic carbocycles. The van der Waals surface area contributed by atoms with Crippen LogP contribution in [0, 0.1) is 0 Å². The molecule has 10 nitrogen and oxygen atoms in total. The lowest BCUT2D eigenvalue weighted by Gasteiger charge is -2.09. The minimum Gasteiger partial charge on any atom is -0.465 e. The van der Waals surface area contributed by atoms with Crippen LogP contribution in [0.1, 0.15) is 19.3 Å². The molecular formula is C41H33N7O3S2. The Labute approximate surface area is 312 Å². The third-order valence-corrected chi connectivity index (χ3v) is 10.7. The van der Waals surface area contributed by atoms with Crippen molar-refractivity contribution in [2.45, 2.75) is 0 Å². The van der Waals surface area contributed by atoms with Crippen LogP contribution in [-0.2, 0) is 4.74 Å². The summed E-state index contributed by atoms with van der Waals surface area (Å²) in [6, 6.07) is 40.2. The number of aromatic nitrogens is 2. The van der Waals surface area contributed by atoms with Crippen molar-refractivity contribution in [2.75, 3.05) is 29.2 Å². The first kappa shape index (κ1) is 34.7. The zero-order valence-electron chi connectivity index (χ0n) is 28.4. The SMILES string of the molecule is COC(=O)c1cc2c(Nc3ccc(-c4ccccc4)cc3)cnc(N)c2s1.NC(=O)c1cc2c(Nc3ccc(-c4ccccc4)cc3)cnc(N)c2s1. The lowest BCUT2D eigenvalue weighted by Crippen LogP contribution is -2.08. The maximum absolute atomic E-state index is 11.8. The molecule has 4 aromatic carbocycles. The lowest BCUT2D eigenvalue weighted by molar-refractivity contribution is 0.0606. The van der Waals surface area contributed by atoms with Gasteiger partial charge in [0.2, 0.25) is 0 Å². The van der Waals surface area contributed by atoms with E-state index in [9.17, 15) is 9.59 Å². The van der Waals surface area contributed by atoms with E-state index in [2.05, 4.69) is 69.1 Å². The number of rotatable bonds is 8. The van der Waals surface area contributed by atoms with E-state index in [0.29, 0.717) is 21.4 Å². The number of nitrogens with two attached hydrogens (primary N) is 3. The summed E-state index contributed by atoms with van der Waals surface area (Å²) < 4.78 is 6.33. The Morgan fingerprint density at radius 3 is 1.40 bits per heavy atom. The summed E-state index contributed by atoms with van der Waals surface area (Å²) in [5.41, 5.74) is 25.3. The van der Waals surface area contributed by atoms with E-state index < -0.39 is 5.91 Å². The van der Waals surface area contributed by atoms with Crippen LogP contribution in [0.15, 0.2) is 134 Å². The summed E-state index contributed by atoms with van der Waals surface area (Å²) in [7, 11) is 1.36. The largest absolute Gasteiger partial charge is 0.465 e. The van der Waals surface area contributed by atoms with Crippen molar-refractivity contribution < 1.29 is 14.3 Å². The Morgan fingerprint density at radius 1 is 0.585 bits per heavy atom. The van der Waals surface area contributed by atoms with Gasteiger partial charge in [0, 0.05) is 22.1 Å². The van der Waals surface area contributed by atoms with Gasteiger partial charge < -0.3 is 32.6 Å². The fourth-order valence-electron chi connectivity index (χ4n) is 5.67. The van der Waals surface area contributed by atoms with E-state index >= 15 is 0 Å². The van der Waals surface area contributed by atoms with Crippen LogP contribution in [0.5, 0.6) is 0 Å². The number of primary amides is 1. The van der Waals surface area contributed by atoms with Crippen molar-refractivity contribution in [3.05, 3.63) is 143 Å². The number of ether oxygens (including phenoxy) is 1. The number of amides is 1. The molecule has 8 rings (SSSR count). The highest BCUT2D eigenvalue weighted by Gasteiger charge is 2.16. The molecular weight excluding hydrogens is 703 g/mol. The highest BCUT2D eigenvalue weighted by atomic mass is 32.1. The van der Waals surface area contributed by atoms with Crippen LogP contribution in [0.25, 0.3) is 42.4 Å². The Hall–Kier alpha value is -6.76. The van der Waals surface area contributed by atoms with Gasteiger partial charge in [-0.15, -0.1) is 22.7 Å². The second kappa shape index (κ2) is 15.2. The quantitative estimate of drug-likeness (QED) is 0.0954. The number of pyridine rings is 2. The highest BCUT2D eigenvalue weighted by molar-refractivity contribution is 7.21. The molecule has 0 aliphatic heterocycles. The first-order valence-electron chi connectivity index (χ1n) is 16.4. The highest BCUT2D eigenvalue weighted by Crippen LogP contribution is 2.37. The molecule has 1 amide bonds. The fraction of sp³-hybridized carbons (Fsp3) is 0.0244. The molecule has 0 unspecified atom stereocenters. The van der Waals surface area contributed by atoms with E-state index in [1.807, 2.05) is 60.7 Å². The molecule has 0 radical (unpaired) electrons. The summed E-state index contributed by atoms with van der Waals surface area (Å²) in [4.78, 5) is 32.7. The molecule has 0 atom stereocenters. The van der Waals surface area contributed by atoms with Gasteiger partial charge in [0.25, 0.3) is 5.91 Å². The number of nitrogen functional groups attached to an aromatic ring is 2. The number of hydrogen-bond acceptors (Lipinski definition) is 11. The molecule has 8 aromatic rings. The van der Waals surface area contributed by atoms with Crippen LogP contribution in [-0.4, -0.2) is 29.0 Å². The van der Waals surface area contributed by atoms with E-state index in [4.69, 9.17) is 21.9 Å². The molecule has 0 bridgehead atoms. The van der Waals surface area contributed by atoms with E-state index in [1.54, 1.807) is 24.5 Å². The molecule has 0 saturated carbocycles. The predicted molar refractivity (Wildman–Crippen MR) is 218 cm³/mol. The number of esters is 1. The minimum atomic E-state index is -0.469. The minimum absolute atomic E-state index is 0.381. The van der Waals surface area contributed by atoms with Crippen molar-refractivity contribution >= 4 is 89.1 Å². The molecule has 0 spiro atoms. The third-order valence-electron chi connectivity index (χ3n) is 8.35. The summed E-state index contributed by atoms with van der Waals surface area (Å²) >= 11 is 2.53. The van der Waals surface area contributed by atoms with Gasteiger partial charge in [-0.2, -0.15) is 0 Å². The molecule has 12 heteroatoms. The number of benzene rings is 4. The molecule has 0 fully saturated rings. The maximum atomic E-state index is 11.8. The lowest BCUT2D eigenvalue weighted by atomic mass is 10.1. The molecule has 53 heavy (non-hydrogen) atoms. The van der Waals surface area contributed by atoms with Crippen LogP contribution in [0.3, 0.4) is 0 Å². The average molecular weight is 736 g/mol. The van der Waals surface area contributed by atoms with Crippen LogP contribution in [0.4, 0.5) is 34.4 Å². The molecule has 0 saturated heterocycles. The average Bonchev–Trinajstić information content (AvgIpc) is 3.87. The Morgan fingerprint density at radius 2 is 0.981 bits per heavy atom. The van der Waals surface area contributed by atoms with Crippen molar-refractivity contribution in [3.8, 4) is 22.3 Å². The first-order valence-corrected chi connectivity index (χ1v) is 18.0. The van der Waals surface area contributed by atoms with Crippen LogP contribution >= 0.6 is 22.7 Å². The Bertz CT molecular complexity index is 2550. The summed E-state index contributed by atoms with van der Waals surface area (Å²) in [5.74, 6) is -0.0601. The summed E-state index contributed by atoms with van der Waals surface area (Å²) in [6.45, 7) is 0. The number of carbonyl (C=O) groups excluding carboxylic acids is 2. The second-order valence-electron chi connectivity index (χ2n) is 11.8. The number of methoxy groups -OCH3 is 1. The predicted octanol–water partition coefficient (Wildman–Crippen LogP) is 9.46. The van der Waals surface area contributed by atoms with Crippen molar-refractivity contribution in [1.82, 2.24) is 9.97 Å². The smallest absolute Gasteiger partial charge is 0.348 e. The van der Waals surface area contributed by atoms with E-state index in [1.165, 1.54) is 40.9 Å². The number of thiophene rings is 2. The van der Waals surface area contributed by atoms with Gasteiger partial charge in [0.1, 0.15) is 16.5 Å². The number of anilines is 6. The molecule has 4 aromatic heterocycles.